The van der Waals surface area contributed by atoms with Gasteiger partial charge in [-0.05, 0) is 12.0 Å². The van der Waals surface area contributed by atoms with Gasteiger partial charge in [-0.1, -0.05) is 38.7 Å². The molecule has 0 fully saturated rings. The predicted molar refractivity (Wildman–Crippen MR) is 57.1 cm³/mol. The van der Waals surface area contributed by atoms with Crippen molar-refractivity contribution in [1.29, 1.82) is 0 Å². The molecule has 0 rings (SSSR count). The molecule has 0 radical (unpaired) electrons. The van der Waals surface area contributed by atoms with E-state index in [4.69, 9.17) is 0 Å². The van der Waals surface area contributed by atoms with Crippen LogP contribution in [0.15, 0.2) is 12.2 Å². The monoisotopic (exact) mass is 184 g/mol. The van der Waals surface area contributed by atoms with E-state index >= 15 is 0 Å². The summed E-state index contributed by atoms with van der Waals surface area (Å²) in [6.45, 7) is 9.13. The second kappa shape index (κ2) is 5.30. The molecule has 0 aromatic carbocycles. The molecule has 0 amide bonds. The molecular weight excluding hydrogens is 164 g/mol. The number of hydrogen-bond acceptors (Lipinski definition) is 1. The van der Waals surface area contributed by atoms with Crippen LogP contribution >= 0.6 is 0 Å². The quantitative estimate of drug-likeness (QED) is 0.364. The van der Waals surface area contributed by atoms with E-state index in [0.29, 0.717) is 12.3 Å². The molecule has 1 unspecified atom stereocenters. The van der Waals surface area contributed by atoms with Gasteiger partial charge >= 0.3 is 0 Å². The zero-order valence-corrected chi connectivity index (χ0v) is 9.63. The molecule has 12 heavy (non-hydrogen) atoms. The number of allylic oxidation sites excluding steroid dienone is 2. The lowest BCUT2D eigenvalue weighted by atomic mass is 10.1. The van der Waals surface area contributed by atoms with Gasteiger partial charge in [0.15, 0.2) is 0 Å². The fourth-order valence-electron chi connectivity index (χ4n) is 0.884. The maximum Gasteiger partial charge on any atom is 0.120 e. The van der Waals surface area contributed by atoms with Crippen LogP contribution in [0, 0.1) is 5.92 Å². The molecule has 0 aliphatic rings. The highest BCUT2D eigenvalue weighted by Gasteiger charge is 2.09. The molecule has 0 spiro atoms. The smallest absolute Gasteiger partial charge is 0.120 e. The van der Waals surface area contributed by atoms with Crippen molar-refractivity contribution in [3.8, 4) is 0 Å². The summed E-state index contributed by atoms with van der Waals surface area (Å²) in [6.07, 6.45) is 6.04. The Morgan fingerprint density at radius 1 is 1.33 bits per heavy atom. The summed E-state index contributed by atoms with van der Waals surface area (Å²) in [5, 5.41) is 0. The average molecular weight is 184 g/mol. The van der Waals surface area contributed by atoms with Crippen molar-refractivity contribution in [2.75, 3.05) is 0 Å². The van der Waals surface area contributed by atoms with E-state index in [1.807, 2.05) is 0 Å². The summed E-state index contributed by atoms with van der Waals surface area (Å²) in [5.74, 6) is 0.416. The lowest BCUT2D eigenvalue weighted by Gasteiger charge is -2.12. The van der Waals surface area contributed by atoms with Gasteiger partial charge in [0.2, 0.25) is 0 Å². The number of aldehydes is 1. The molecule has 0 aliphatic carbocycles. The van der Waals surface area contributed by atoms with Gasteiger partial charge in [-0.2, -0.15) is 0 Å². The molecule has 0 aromatic rings. The van der Waals surface area contributed by atoms with E-state index in [1.165, 1.54) is 6.04 Å². The normalized spacial score (nSPS) is 15.0. The SMILES string of the molecule is CC(C=CC[Si](C)(C)C)CC=O. The van der Waals surface area contributed by atoms with Crippen LogP contribution in [0.1, 0.15) is 13.3 Å². The first-order valence-electron chi connectivity index (χ1n) is 4.56. The van der Waals surface area contributed by atoms with Crippen LogP contribution in [0.25, 0.3) is 0 Å². The third-order valence-electron chi connectivity index (χ3n) is 1.66. The highest BCUT2D eigenvalue weighted by Crippen LogP contribution is 2.10. The maximum absolute atomic E-state index is 10.2. The fourth-order valence-corrected chi connectivity index (χ4v) is 1.73. The Kier molecular flexibility index (Phi) is 5.14. The minimum atomic E-state index is -0.922. The van der Waals surface area contributed by atoms with Crippen molar-refractivity contribution >= 4 is 14.4 Å². The van der Waals surface area contributed by atoms with Gasteiger partial charge in [-0.25, -0.2) is 0 Å². The van der Waals surface area contributed by atoms with Crippen LogP contribution < -0.4 is 0 Å². The zero-order chi connectivity index (χ0) is 9.61. The van der Waals surface area contributed by atoms with Gasteiger partial charge in [0.1, 0.15) is 6.29 Å². The van der Waals surface area contributed by atoms with Crippen molar-refractivity contribution < 1.29 is 4.79 Å². The van der Waals surface area contributed by atoms with Crippen molar-refractivity contribution in [3.63, 3.8) is 0 Å². The second-order valence-electron chi connectivity index (χ2n) is 4.57. The third kappa shape index (κ3) is 7.73. The van der Waals surface area contributed by atoms with E-state index < -0.39 is 8.07 Å². The first-order chi connectivity index (χ1) is 5.45. The molecule has 70 valence electrons. The zero-order valence-electron chi connectivity index (χ0n) is 8.63. The third-order valence-corrected chi connectivity index (χ3v) is 3.12. The van der Waals surface area contributed by atoms with Crippen LogP contribution in [-0.2, 0) is 4.79 Å². The van der Waals surface area contributed by atoms with Crippen LogP contribution in [-0.4, -0.2) is 14.4 Å². The molecule has 0 aromatic heterocycles. The van der Waals surface area contributed by atoms with Crippen LogP contribution in [0.5, 0.6) is 0 Å². The van der Waals surface area contributed by atoms with Crippen LogP contribution in [0.3, 0.4) is 0 Å². The van der Waals surface area contributed by atoms with E-state index in [1.54, 1.807) is 0 Å². The largest absolute Gasteiger partial charge is 0.303 e. The van der Waals surface area contributed by atoms with Gasteiger partial charge in [0, 0.05) is 14.5 Å². The summed E-state index contributed by atoms with van der Waals surface area (Å²) in [6, 6.07) is 1.22. The summed E-state index contributed by atoms with van der Waals surface area (Å²) in [4.78, 5) is 10.2. The highest BCUT2D eigenvalue weighted by atomic mass is 28.3. The Labute approximate surface area is 76.9 Å². The molecule has 0 aliphatic heterocycles. The topological polar surface area (TPSA) is 17.1 Å². The second-order valence-corrected chi connectivity index (χ2v) is 10.1. The predicted octanol–water partition coefficient (Wildman–Crippen LogP) is 3.11. The van der Waals surface area contributed by atoms with E-state index in [9.17, 15) is 4.79 Å². The van der Waals surface area contributed by atoms with Gasteiger partial charge in [-0.3, -0.25) is 0 Å². The molecule has 2 heteroatoms. The number of hydrogen-bond donors (Lipinski definition) is 0. The van der Waals surface area contributed by atoms with Gasteiger partial charge in [0.25, 0.3) is 0 Å². The van der Waals surface area contributed by atoms with E-state index in [2.05, 4.69) is 38.7 Å². The summed E-state index contributed by atoms with van der Waals surface area (Å²) in [5.41, 5.74) is 0. The Balaban J connectivity index is 3.68. The van der Waals surface area contributed by atoms with Crippen LogP contribution in [0.4, 0.5) is 0 Å². The Hall–Kier alpha value is -0.373. The van der Waals surface area contributed by atoms with Crippen molar-refractivity contribution in [1.82, 2.24) is 0 Å². The minimum Gasteiger partial charge on any atom is -0.303 e. The molecule has 0 saturated heterocycles. The molecule has 1 atom stereocenters. The number of rotatable bonds is 5. The Bertz CT molecular complexity index is 156. The summed E-state index contributed by atoms with van der Waals surface area (Å²) >= 11 is 0. The first-order valence-corrected chi connectivity index (χ1v) is 8.27. The van der Waals surface area contributed by atoms with E-state index in [0.717, 1.165) is 6.29 Å². The molecule has 0 bridgehead atoms. The molecular formula is C10H20OSi. The first kappa shape index (κ1) is 11.6. The fraction of sp³-hybridized carbons (Fsp3) is 0.700. The van der Waals surface area contributed by atoms with Crippen molar-refractivity contribution in [2.24, 2.45) is 5.92 Å². The number of carbonyl (C=O) groups excluding carboxylic acids is 1. The molecule has 0 heterocycles. The Morgan fingerprint density at radius 2 is 1.92 bits per heavy atom. The summed E-state index contributed by atoms with van der Waals surface area (Å²) in [7, 11) is -0.922. The average Bonchev–Trinajstić information content (AvgIpc) is 1.84. The standard InChI is InChI=1S/C10H20OSi/c1-10(7-8-11)6-5-9-12(2,3)4/h5-6,8,10H,7,9H2,1-4H3. The van der Waals surface area contributed by atoms with Crippen molar-refractivity contribution in [3.05, 3.63) is 12.2 Å². The lowest BCUT2D eigenvalue weighted by Crippen LogP contribution is -2.17. The van der Waals surface area contributed by atoms with Crippen molar-refractivity contribution in [2.45, 2.75) is 39.0 Å². The lowest BCUT2D eigenvalue weighted by molar-refractivity contribution is -0.108. The van der Waals surface area contributed by atoms with E-state index in [-0.39, 0.29) is 0 Å². The van der Waals surface area contributed by atoms with Gasteiger partial charge < -0.3 is 4.79 Å². The number of carbonyl (C=O) groups is 1. The molecule has 0 N–H and O–H groups in total. The van der Waals surface area contributed by atoms with Gasteiger partial charge in [0.05, 0.1) is 0 Å². The molecule has 1 nitrogen and oxygen atoms in total. The summed E-state index contributed by atoms with van der Waals surface area (Å²) < 4.78 is 0. The van der Waals surface area contributed by atoms with Gasteiger partial charge in [-0.15, -0.1) is 0 Å². The maximum atomic E-state index is 10.2. The molecule has 0 saturated carbocycles. The Morgan fingerprint density at radius 3 is 2.33 bits per heavy atom. The highest BCUT2D eigenvalue weighted by molar-refractivity contribution is 6.76. The minimum absolute atomic E-state index is 0.416. The van der Waals surface area contributed by atoms with Crippen LogP contribution in [0.2, 0.25) is 25.7 Å².